The summed E-state index contributed by atoms with van der Waals surface area (Å²) in [5.41, 5.74) is 0. The summed E-state index contributed by atoms with van der Waals surface area (Å²) in [6.07, 6.45) is -2.35. The van der Waals surface area contributed by atoms with Gasteiger partial charge in [0.05, 0.1) is 6.20 Å². The quantitative estimate of drug-likeness (QED) is 0.547. The van der Waals surface area contributed by atoms with Crippen LogP contribution in [0.4, 0.5) is 13.2 Å². The molecular formula is C5H6F3N2. The molecule has 1 aliphatic rings. The summed E-state index contributed by atoms with van der Waals surface area (Å²) in [5.74, 6) is 0. The van der Waals surface area contributed by atoms with Crippen molar-refractivity contribution in [1.82, 2.24) is 10.2 Å². The Bertz CT molecular complexity index is 151. The summed E-state index contributed by atoms with van der Waals surface area (Å²) < 4.78 is 35.5. The van der Waals surface area contributed by atoms with Gasteiger partial charge >= 0.3 is 6.18 Å². The molecule has 1 unspecified atom stereocenters. The predicted molar refractivity (Wildman–Crippen MR) is 28.6 cm³/mol. The van der Waals surface area contributed by atoms with E-state index in [1.165, 1.54) is 13.2 Å². The lowest BCUT2D eigenvalue weighted by Crippen LogP contribution is -2.45. The average molecular weight is 151 g/mol. The van der Waals surface area contributed by atoms with Crippen molar-refractivity contribution in [2.45, 2.75) is 12.3 Å². The van der Waals surface area contributed by atoms with E-state index in [0.717, 1.165) is 4.90 Å². The van der Waals surface area contributed by atoms with Gasteiger partial charge in [0.2, 0.25) is 0 Å². The third kappa shape index (κ3) is 1.17. The van der Waals surface area contributed by atoms with E-state index in [0.29, 0.717) is 0 Å². The second-order valence-electron chi connectivity index (χ2n) is 2.03. The topological polar surface area (TPSA) is 15.3 Å². The van der Waals surface area contributed by atoms with Crippen LogP contribution >= 0.6 is 0 Å². The Morgan fingerprint density at radius 2 is 2.20 bits per heavy atom. The van der Waals surface area contributed by atoms with Crippen LogP contribution in [0.5, 0.6) is 0 Å². The van der Waals surface area contributed by atoms with Crippen molar-refractivity contribution in [3.8, 4) is 0 Å². The highest BCUT2D eigenvalue weighted by molar-refractivity contribution is 4.90. The second-order valence-corrected chi connectivity index (χ2v) is 2.03. The molecule has 0 fully saturated rings. The van der Waals surface area contributed by atoms with E-state index in [1.807, 2.05) is 5.32 Å². The second kappa shape index (κ2) is 2.07. The lowest BCUT2D eigenvalue weighted by atomic mass is 10.5. The molecule has 0 aromatic heterocycles. The molecule has 1 N–H and O–H groups in total. The van der Waals surface area contributed by atoms with Crippen LogP contribution in [-0.2, 0) is 0 Å². The molecule has 0 amide bonds. The van der Waals surface area contributed by atoms with Crippen molar-refractivity contribution in [1.29, 1.82) is 0 Å². The van der Waals surface area contributed by atoms with E-state index < -0.39 is 12.3 Å². The van der Waals surface area contributed by atoms with E-state index in [2.05, 4.69) is 6.20 Å². The van der Waals surface area contributed by atoms with Gasteiger partial charge in [0, 0.05) is 13.2 Å². The molecule has 1 aliphatic heterocycles. The molecule has 0 aromatic rings. The molecule has 1 rings (SSSR count). The van der Waals surface area contributed by atoms with Crippen LogP contribution in [0.25, 0.3) is 0 Å². The van der Waals surface area contributed by atoms with Crippen molar-refractivity contribution in [2.24, 2.45) is 0 Å². The van der Waals surface area contributed by atoms with E-state index in [-0.39, 0.29) is 0 Å². The molecule has 1 heterocycles. The molecule has 10 heavy (non-hydrogen) atoms. The maximum Gasteiger partial charge on any atom is 0.427 e. The van der Waals surface area contributed by atoms with Crippen molar-refractivity contribution >= 4 is 0 Å². The normalized spacial score (nSPS) is 25.2. The van der Waals surface area contributed by atoms with Gasteiger partial charge in [0.15, 0.2) is 6.17 Å². The minimum Gasteiger partial charge on any atom is -0.355 e. The van der Waals surface area contributed by atoms with Crippen molar-refractivity contribution < 1.29 is 13.2 Å². The smallest absolute Gasteiger partial charge is 0.355 e. The highest BCUT2D eigenvalue weighted by Crippen LogP contribution is 2.23. The maximum atomic E-state index is 11.8. The van der Waals surface area contributed by atoms with Crippen LogP contribution in [0.3, 0.4) is 0 Å². The van der Waals surface area contributed by atoms with Gasteiger partial charge in [-0.05, 0) is 0 Å². The monoisotopic (exact) mass is 151 g/mol. The number of nitrogens with zero attached hydrogens (tertiary/aromatic N) is 1. The summed E-state index contributed by atoms with van der Waals surface area (Å²) in [6.45, 7) is 0. The summed E-state index contributed by atoms with van der Waals surface area (Å²) >= 11 is 0. The number of nitrogens with one attached hydrogen (secondary N) is 1. The summed E-state index contributed by atoms with van der Waals surface area (Å²) in [7, 11) is 1.34. The summed E-state index contributed by atoms with van der Waals surface area (Å²) in [4.78, 5) is 1.01. The number of hydrogen-bond acceptors (Lipinski definition) is 2. The van der Waals surface area contributed by atoms with Gasteiger partial charge in [0.1, 0.15) is 0 Å². The Morgan fingerprint density at radius 3 is 2.40 bits per heavy atom. The fourth-order valence-corrected chi connectivity index (χ4v) is 0.707. The molecule has 5 heteroatoms. The number of alkyl halides is 3. The zero-order chi connectivity index (χ0) is 7.78. The Morgan fingerprint density at radius 1 is 1.60 bits per heavy atom. The van der Waals surface area contributed by atoms with Crippen LogP contribution < -0.4 is 5.32 Å². The predicted octanol–water partition coefficient (Wildman–Crippen LogP) is 0.684. The highest BCUT2D eigenvalue weighted by atomic mass is 19.4. The highest BCUT2D eigenvalue weighted by Gasteiger charge is 2.43. The first-order valence-electron chi connectivity index (χ1n) is 2.65. The SMILES string of the molecule is CN1C=[C]NC1C(F)(F)F. The molecule has 1 atom stereocenters. The standard InChI is InChI=1S/C5H6F3N2/c1-10-3-2-9-4(10)5(6,7)8/h3-4,9H,1H3. The minimum absolute atomic E-state index is 1.01. The molecule has 0 aromatic carbocycles. The van der Waals surface area contributed by atoms with Gasteiger partial charge in [-0.25, -0.2) is 0 Å². The van der Waals surface area contributed by atoms with E-state index >= 15 is 0 Å². The zero-order valence-electron chi connectivity index (χ0n) is 5.24. The Labute approximate surface area is 56.3 Å². The van der Waals surface area contributed by atoms with Crippen molar-refractivity contribution in [2.75, 3.05) is 7.05 Å². The molecule has 0 aliphatic carbocycles. The lowest BCUT2D eigenvalue weighted by molar-refractivity contribution is -0.176. The molecule has 1 radical (unpaired) electrons. The fraction of sp³-hybridized carbons (Fsp3) is 0.600. The lowest BCUT2D eigenvalue weighted by Gasteiger charge is -2.22. The molecule has 2 nitrogen and oxygen atoms in total. The third-order valence-corrected chi connectivity index (χ3v) is 1.21. The zero-order valence-corrected chi connectivity index (χ0v) is 5.24. The van der Waals surface area contributed by atoms with E-state index in [9.17, 15) is 13.2 Å². The maximum absolute atomic E-state index is 11.8. The van der Waals surface area contributed by atoms with Crippen molar-refractivity contribution in [3.05, 3.63) is 12.4 Å². The van der Waals surface area contributed by atoms with Crippen molar-refractivity contribution in [3.63, 3.8) is 0 Å². The molecule has 0 saturated carbocycles. The first-order chi connectivity index (χ1) is 4.52. The summed E-state index contributed by atoms with van der Waals surface area (Å²) in [5, 5.41) is 2.04. The minimum atomic E-state index is -4.23. The molecule has 0 spiro atoms. The van der Waals surface area contributed by atoms with Gasteiger partial charge in [-0.1, -0.05) is 0 Å². The van der Waals surface area contributed by atoms with Gasteiger partial charge in [0.25, 0.3) is 0 Å². The van der Waals surface area contributed by atoms with Crippen LogP contribution in [0.15, 0.2) is 6.20 Å². The van der Waals surface area contributed by atoms with E-state index in [1.54, 1.807) is 0 Å². The number of rotatable bonds is 0. The van der Waals surface area contributed by atoms with Gasteiger partial charge in [-0.2, -0.15) is 13.2 Å². The van der Waals surface area contributed by atoms with Crippen LogP contribution in [0.2, 0.25) is 0 Å². The fourth-order valence-electron chi connectivity index (χ4n) is 0.707. The van der Waals surface area contributed by atoms with Crippen LogP contribution in [-0.4, -0.2) is 24.3 Å². The molecule has 0 bridgehead atoms. The number of halogens is 3. The number of hydrogen-bond donors (Lipinski definition) is 1. The van der Waals surface area contributed by atoms with Gasteiger partial charge in [-0.15, -0.1) is 0 Å². The molecule has 57 valence electrons. The molecular weight excluding hydrogens is 145 g/mol. The largest absolute Gasteiger partial charge is 0.427 e. The van der Waals surface area contributed by atoms with Crippen LogP contribution in [0, 0.1) is 6.20 Å². The summed E-state index contributed by atoms with van der Waals surface area (Å²) in [6, 6.07) is 0. The average Bonchev–Trinajstić information content (AvgIpc) is 2.11. The van der Waals surface area contributed by atoms with Gasteiger partial charge < -0.3 is 10.2 Å². The van der Waals surface area contributed by atoms with Crippen LogP contribution in [0.1, 0.15) is 0 Å². The Balaban J connectivity index is 2.60. The first-order valence-corrected chi connectivity index (χ1v) is 2.65. The first kappa shape index (κ1) is 7.24. The molecule has 0 saturated heterocycles. The third-order valence-electron chi connectivity index (χ3n) is 1.21. The van der Waals surface area contributed by atoms with E-state index in [4.69, 9.17) is 0 Å². The Kier molecular flexibility index (Phi) is 1.50. The Hall–Kier alpha value is -0.870. The van der Waals surface area contributed by atoms with Gasteiger partial charge in [-0.3, -0.25) is 0 Å².